The van der Waals surface area contributed by atoms with Crippen LogP contribution in [0.2, 0.25) is 10.0 Å². The minimum Gasteiger partial charge on any atom is -0.260 e. The van der Waals surface area contributed by atoms with Crippen LogP contribution in [0, 0.1) is 0 Å². The van der Waals surface area contributed by atoms with Crippen molar-refractivity contribution in [2.75, 3.05) is 5.43 Å². The summed E-state index contributed by atoms with van der Waals surface area (Å²) >= 11 is 12.1. The Morgan fingerprint density at radius 1 is 1.15 bits per heavy atom. The van der Waals surface area contributed by atoms with Crippen LogP contribution in [-0.2, 0) is 0 Å². The number of anilines is 1. The normalized spacial score (nSPS) is 11.3. The number of nitrogens with one attached hydrogen (secondary N) is 1. The lowest BCUT2D eigenvalue weighted by molar-refractivity contribution is 0.925. The van der Waals surface area contributed by atoms with E-state index in [1.54, 1.807) is 41.1 Å². The molecule has 100 valence electrons. The quantitative estimate of drug-likeness (QED) is 0.597. The van der Waals surface area contributed by atoms with E-state index in [9.17, 15) is 0 Å². The Bertz CT molecular complexity index is 762. The molecule has 8 heteroatoms. The first-order valence-electron chi connectivity index (χ1n) is 5.64. The second-order valence-electron chi connectivity index (χ2n) is 3.86. The summed E-state index contributed by atoms with van der Waals surface area (Å²) in [6, 6.07) is 8.79. The van der Waals surface area contributed by atoms with Crippen molar-refractivity contribution in [3.8, 4) is 0 Å². The van der Waals surface area contributed by atoms with Crippen LogP contribution in [-0.4, -0.2) is 26.0 Å². The minimum atomic E-state index is 0.533. The van der Waals surface area contributed by atoms with Gasteiger partial charge in [-0.05, 0) is 24.3 Å². The van der Waals surface area contributed by atoms with E-state index >= 15 is 0 Å². The van der Waals surface area contributed by atoms with E-state index in [4.69, 9.17) is 23.2 Å². The highest BCUT2D eigenvalue weighted by atomic mass is 35.5. The molecule has 0 saturated carbocycles. The summed E-state index contributed by atoms with van der Waals surface area (Å²) in [5.41, 5.74) is 4.10. The maximum atomic E-state index is 6.03. The van der Waals surface area contributed by atoms with Crippen LogP contribution in [0.1, 0.15) is 5.56 Å². The lowest BCUT2D eigenvalue weighted by Gasteiger charge is -2.01. The first kappa shape index (κ1) is 12.8. The molecule has 2 heterocycles. The monoisotopic (exact) mass is 306 g/mol. The highest BCUT2D eigenvalue weighted by Gasteiger charge is 2.02. The van der Waals surface area contributed by atoms with Gasteiger partial charge in [-0.2, -0.15) is 9.62 Å². The second-order valence-corrected chi connectivity index (χ2v) is 4.67. The summed E-state index contributed by atoms with van der Waals surface area (Å²) in [6.45, 7) is 0. The van der Waals surface area contributed by atoms with Crippen LogP contribution in [0.15, 0.2) is 41.8 Å². The third-order valence-electron chi connectivity index (χ3n) is 2.53. The molecule has 3 rings (SSSR count). The van der Waals surface area contributed by atoms with Crippen molar-refractivity contribution in [1.82, 2.24) is 19.8 Å². The molecule has 0 bridgehead atoms. The molecule has 0 saturated heterocycles. The SMILES string of the molecule is Clc1cccc(Cl)c1/C=N/Nc1ccc2nncn2n1. The van der Waals surface area contributed by atoms with Crippen molar-refractivity contribution in [3.05, 3.63) is 52.3 Å². The molecular weight excluding hydrogens is 299 g/mol. The van der Waals surface area contributed by atoms with Crippen LogP contribution in [0.5, 0.6) is 0 Å². The van der Waals surface area contributed by atoms with Gasteiger partial charge in [0.15, 0.2) is 11.5 Å². The van der Waals surface area contributed by atoms with Crippen molar-refractivity contribution in [2.45, 2.75) is 0 Å². The maximum Gasteiger partial charge on any atom is 0.177 e. The Labute approximate surface area is 124 Å². The number of rotatable bonds is 3. The lowest BCUT2D eigenvalue weighted by atomic mass is 10.2. The van der Waals surface area contributed by atoms with Gasteiger partial charge in [0.1, 0.15) is 6.33 Å². The largest absolute Gasteiger partial charge is 0.260 e. The van der Waals surface area contributed by atoms with E-state index < -0.39 is 0 Å². The van der Waals surface area contributed by atoms with Crippen molar-refractivity contribution in [3.63, 3.8) is 0 Å². The number of hydrogen-bond donors (Lipinski definition) is 1. The number of nitrogens with zero attached hydrogens (tertiary/aromatic N) is 5. The number of halogens is 2. The topological polar surface area (TPSA) is 67.5 Å². The molecule has 1 aromatic carbocycles. The zero-order valence-corrected chi connectivity index (χ0v) is 11.5. The highest BCUT2D eigenvalue weighted by Crippen LogP contribution is 2.22. The molecule has 0 aliphatic heterocycles. The number of hydrazone groups is 1. The predicted octanol–water partition coefficient (Wildman–Crippen LogP) is 2.88. The maximum absolute atomic E-state index is 6.03. The molecule has 6 nitrogen and oxygen atoms in total. The van der Waals surface area contributed by atoms with E-state index in [1.165, 1.54) is 6.33 Å². The first-order chi connectivity index (χ1) is 9.74. The summed E-state index contributed by atoms with van der Waals surface area (Å²) < 4.78 is 1.54. The average molecular weight is 307 g/mol. The smallest absolute Gasteiger partial charge is 0.177 e. The van der Waals surface area contributed by atoms with Gasteiger partial charge in [-0.3, -0.25) is 5.43 Å². The summed E-state index contributed by atoms with van der Waals surface area (Å²) in [7, 11) is 0. The predicted molar refractivity (Wildman–Crippen MR) is 78.5 cm³/mol. The van der Waals surface area contributed by atoms with Gasteiger partial charge in [0, 0.05) is 5.56 Å². The fourth-order valence-electron chi connectivity index (χ4n) is 1.59. The van der Waals surface area contributed by atoms with Crippen molar-refractivity contribution in [1.29, 1.82) is 0 Å². The van der Waals surface area contributed by atoms with Crippen LogP contribution in [0.4, 0.5) is 5.82 Å². The Balaban J connectivity index is 1.80. The van der Waals surface area contributed by atoms with Gasteiger partial charge in [0.05, 0.1) is 16.3 Å². The third-order valence-corrected chi connectivity index (χ3v) is 3.19. The lowest BCUT2D eigenvalue weighted by Crippen LogP contribution is -1.98. The van der Waals surface area contributed by atoms with Crippen LogP contribution >= 0.6 is 23.2 Å². The summed E-state index contributed by atoms with van der Waals surface area (Å²) in [5, 5.41) is 16.9. The summed E-state index contributed by atoms with van der Waals surface area (Å²) in [5.74, 6) is 0.553. The molecule has 1 N–H and O–H groups in total. The van der Waals surface area contributed by atoms with Crippen molar-refractivity contribution >= 4 is 40.9 Å². The molecule has 0 unspecified atom stereocenters. The fourth-order valence-corrected chi connectivity index (χ4v) is 2.08. The van der Waals surface area contributed by atoms with Gasteiger partial charge >= 0.3 is 0 Å². The van der Waals surface area contributed by atoms with Crippen LogP contribution < -0.4 is 5.43 Å². The molecular formula is C12H8Cl2N6. The van der Waals surface area contributed by atoms with E-state index in [-0.39, 0.29) is 0 Å². The number of aromatic nitrogens is 4. The molecule has 0 spiro atoms. The molecule has 0 atom stereocenters. The van der Waals surface area contributed by atoms with Gasteiger partial charge in [-0.15, -0.1) is 15.3 Å². The molecule has 20 heavy (non-hydrogen) atoms. The standard InChI is InChI=1S/C12H8Cl2N6/c13-9-2-1-3-10(14)8(9)6-15-17-11-4-5-12-18-16-7-20(12)19-11/h1-7H,(H,17,19)/b15-6+. The number of fused-ring (bicyclic) bond motifs is 1. The molecule has 0 aliphatic carbocycles. The molecule has 0 amide bonds. The van der Waals surface area contributed by atoms with E-state index in [0.717, 1.165) is 0 Å². The minimum absolute atomic E-state index is 0.533. The molecule has 0 aliphatic rings. The van der Waals surface area contributed by atoms with Gasteiger partial charge in [0.2, 0.25) is 0 Å². The van der Waals surface area contributed by atoms with Gasteiger partial charge in [0.25, 0.3) is 0 Å². The van der Waals surface area contributed by atoms with E-state index in [2.05, 4.69) is 25.8 Å². The van der Waals surface area contributed by atoms with E-state index in [1.807, 2.05) is 0 Å². The zero-order valence-electron chi connectivity index (χ0n) is 10.0. The fraction of sp³-hybridized carbons (Fsp3) is 0. The third kappa shape index (κ3) is 2.56. The molecule has 2 aromatic heterocycles. The van der Waals surface area contributed by atoms with E-state index in [0.29, 0.717) is 27.1 Å². The molecule has 3 aromatic rings. The van der Waals surface area contributed by atoms with Crippen LogP contribution in [0.25, 0.3) is 5.65 Å². The Kier molecular flexibility index (Phi) is 3.49. The molecule has 0 radical (unpaired) electrons. The Morgan fingerprint density at radius 2 is 1.95 bits per heavy atom. The highest BCUT2D eigenvalue weighted by molar-refractivity contribution is 6.38. The summed E-state index contributed by atoms with van der Waals surface area (Å²) in [6.07, 6.45) is 3.05. The van der Waals surface area contributed by atoms with Gasteiger partial charge in [-0.1, -0.05) is 29.3 Å². The van der Waals surface area contributed by atoms with Crippen molar-refractivity contribution < 1.29 is 0 Å². The average Bonchev–Trinajstić information content (AvgIpc) is 2.89. The Hall–Kier alpha value is -2.18. The second kappa shape index (κ2) is 5.44. The molecule has 0 fully saturated rings. The number of hydrogen-bond acceptors (Lipinski definition) is 5. The van der Waals surface area contributed by atoms with Gasteiger partial charge in [-0.25, -0.2) is 0 Å². The Morgan fingerprint density at radius 3 is 2.75 bits per heavy atom. The van der Waals surface area contributed by atoms with Crippen LogP contribution in [0.3, 0.4) is 0 Å². The van der Waals surface area contributed by atoms with Crippen molar-refractivity contribution in [2.24, 2.45) is 5.10 Å². The summed E-state index contributed by atoms with van der Waals surface area (Å²) in [4.78, 5) is 0. The van der Waals surface area contributed by atoms with Gasteiger partial charge < -0.3 is 0 Å². The first-order valence-corrected chi connectivity index (χ1v) is 6.40. The zero-order chi connectivity index (χ0) is 13.9. The number of benzene rings is 1.